The zero-order valence-electron chi connectivity index (χ0n) is 9.97. The van der Waals surface area contributed by atoms with Gasteiger partial charge in [-0.3, -0.25) is 9.88 Å². The van der Waals surface area contributed by atoms with Gasteiger partial charge in [-0.25, -0.2) is 0 Å². The standard InChI is InChI=1S/C14H16N2O/c1-16-6-2-4-13(16)11-8-12(10-15-9-11)14-5-3-7-17-14/h3,5,7-10,13H,2,4,6H2,1H3. The summed E-state index contributed by atoms with van der Waals surface area (Å²) in [6.45, 7) is 1.18. The maximum absolute atomic E-state index is 5.41. The molecule has 17 heavy (non-hydrogen) atoms. The van der Waals surface area contributed by atoms with E-state index in [1.54, 1.807) is 6.26 Å². The van der Waals surface area contributed by atoms with Crippen LogP contribution in [0.5, 0.6) is 0 Å². The predicted octanol–water partition coefficient (Wildman–Crippen LogP) is 3.11. The number of aromatic nitrogens is 1. The van der Waals surface area contributed by atoms with Gasteiger partial charge in [0.25, 0.3) is 0 Å². The predicted molar refractivity (Wildman–Crippen MR) is 66.5 cm³/mol. The lowest BCUT2D eigenvalue weighted by Gasteiger charge is -2.19. The highest BCUT2D eigenvalue weighted by molar-refractivity contribution is 5.56. The second kappa shape index (κ2) is 4.34. The molecule has 0 radical (unpaired) electrons. The molecule has 1 saturated heterocycles. The van der Waals surface area contributed by atoms with Crippen molar-refractivity contribution in [2.75, 3.05) is 13.6 Å². The fraction of sp³-hybridized carbons (Fsp3) is 0.357. The van der Waals surface area contributed by atoms with E-state index in [0.717, 1.165) is 11.3 Å². The molecule has 1 unspecified atom stereocenters. The van der Waals surface area contributed by atoms with Crippen molar-refractivity contribution < 1.29 is 4.42 Å². The Morgan fingerprint density at radius 2 is 2.35 bits per heavy atom. The summed E-state index contributed by atoms with van der Waals surface area (Å²) in [4.78, 5) is 6.72. The molecule has 0 aliphatic carbocycles. The van der Waals surface area contributed by atoms with Gasteiger partial charge in [0.15, 0.2) is 0 Å². The average molecular weight is 228 g/mol. The van der Waals surface area contributed by atoms with E-state index >= 15 is 0 Å². The van der Waals surface area contributed by atoms with E-state index in [2.05, 4.69) is 23.0 Å². The summed E-state index contributed by atoms with van der Waals surface area (Å²) in [5.41, 5.74) is 2.35. The third-order valence-electron chi connectivity index (χ3n) is 3.47. The molecule has 0 spiro atoms. The topological polar surface area (TPSA) is 29.3 Å². The van der Waals surface area contributed by atoms with Gasteiger partial charge in [0, 0.05) is 24.0 Å². The Bertz CT molecular complexity index is 493. The van der Waals surface area contributed by atoms with Crippen LogP contribution in [0.4, 0.5) is 0 Å². The molecule has 1 aliphatic heterocycles. The lowest BCUT2D eigenvalue weighted by molar-refractivity contribution is 0.317. The van der Waals surface area contributed by atoms with Crippen LogP contribution in [-0.4, -0.2) is 23.5 Å². The van der Waals surface area contributed by atoms with Crippen LogP contribution >= 0.6 is 0 Å². The fourth-order valence-corrected chi connectivity index (χ4v) is 2.55. The molecular weight excluding hydrogens is 212 g/mol. The monoisotopic (exact) mass is 228 g/mol. The van der Waals surface area contributed by atoms with Gasteiger partial charge in [0.1, 0.15) is 5.76 Å². The first-order valence-corrected chi connectivity index (χ1v) is 6.03. The van der Waals surface area contributed by atoms with E-state index in [1.165, 1.54) is 24.9 Å². The number of likely N-dealkylation sites (tertiary alicyclic amines) is 1. The Labute approximate surface area is 101 Å². The smallest absolute Gasteiger partial charge is 0.135 e. The second-order valence-corrected chi connectivity index (χ2v) is 4.62. The van der Waals surface area contributed by atoms with Crippen molar-refractivity contribution in [2.24, 2.45) is 0 Å². The van der Waals surface area contributed by atoms with Crippen LogP contribution in [-0.2, 0) is 0 Å². The Balaban J connectivity index is 1.94. The second-order valence-electron chi connectivity index (χ2n) is 4.62. The molecule has 0 N–H and O–H groups in total. The molecule has 0 bridgehead atoms. The molecule has 1 fully saturated rings. The number of hydrogen-bond donors (Lipinski definition) is 0. The van der Waals surface area contributed by atoms with Gasteiger partial charge in [-0.2, -0.15) is 0 Å². The van der Waals surface area contributed by atoms with Crippen LogP contribution in [0, 0.1) is 0 Å². The number of hydrogen-bond acceptors (Lipinski definition) is 3. The molecule has 2 aromatic heterocycles. The highest BCUT2D eigenvalue weighted by atomic mass is 16.3. The summed E-state index contributed by atoms with van der Waals surface area (Å²) >= 11 is 0. The van der Waals surface area contributed by atoms with Crippen LogP contribution in [0.15, 0.2) is 41.3 Å². The minimum atomic E-state index is 0.511. The normalized spacial score (nSPS) is 20.9. The Hall–Kier alpha value is -1.61. The van der Waals surface area contributed by atoms with Crippen molar-refractivity contribution in [3.8, 4) is 11.3 Å². The Kier molecular flexibility index (Phi) is 2.69. The molecule has 3 heteroatoms. The summed E-state index contributed by atoms with van der Waals surface area (Å²) in [7, 11) is 2.18. The van der Waals surface area contributed by atoms with Gasteiger partial charge in [-0.15, -0.1) is 0 Å². The van der Waals surface area contributed by atoms with E-state index < -0.39 is 0 Å². The molecule has 88 valence electrons. The largest absolute Gasteiger partial charge is 0.464 e. The molecule has 2 aromatic rings. The average Bonchev–Trinajstić information content (AvgIpc) is 2.99. The van der Waals surface area contributed by atoms with E-state index in [9.17, 15) is 0 Å². The van der Waals surface area contributed by atoms with Gasteiger partial charge in [0.05, 0.1) is 6.26 Å². The third-order valence-corrected chi connectivity index (χ3v) is 3.47. The molecule has 1 atom stereocenters. The lowest BCUT2D eigenvalue weighted by atomic mass is 10.0. The van der Waals surface area contributed by atoms with Gasteiger partial charge in [-0.1, -0.05) is 0 Å². The Morgan fingerprint density at radius 3 is 3.06 bits per heavy atom. The highest BCUT2D eigenvalue weighted by Gasteiger charge is 2.23. The van der Waals surface area contributed by atoms with Crippen LogP contribution in [0.25, 0.3) is 11.3 Å². The first-order valence-electron chi connectivity index (χ1n) is 6.03. The van der Waals surface area contributed by atoms with Crippen molar-refractivity contribution in [1.82, 2.24) is 9.88 Å². The lowest BCUT2D eigenvalue weighted by Crippen LogP contribution is -2.17. The van der Waals surface area contributed by atoms with Gasteiger partial charge in [0.2, 0.25) is 0 Å². The summed E-state index contributed by atoms with van der Waals surface area (Å²) < 4.78 is 5.41. The minimum absolute atomic E-state index is 0.511. The Morgan fingerprint density at radius 1 is 1.41 bits per heavy atom. The third kappa shape index (κ3) is 1.98. The van der Waals surface area contributed by atoms with Crippen molar-refractivity contribution in [3.63, 3.8) is 0 Å². The molecule has 0 aromatic carbocycles. The maximum atomic E-state index is 5.41. The highest BCUT2D eigenvalue weighted by Crippen LogP contribution is 2.31. The van der Waals surface area contributed by atoms with Crippen LogP contribution in [0.1, 0.15) is 24.4 Å². The van der Waals surface area contributed by atoms with Crippen molar-refractivity contribution in [1.29, 1.82) is 0 Å². The van der Waals surface area contributed by atoms with Crippen LogP contribution < -0.4 is 0 Å². The quantitative estimate of drug-likeness (QED) is 0.791. The first-order chi connectivity index (χ1) is 8.34. The van der Waals surface area contributed by atoms with Gasteiger partial charge >= 0.3 is 0 Å². The summed E-state index contributed by atoms with van der Waals surface area (Å²) in [6.07, 6.45) is 8.02. The zero-order valence-corrected chi connectivity index (χ0v) is 9.97. The number of furan rings is 1. The SMILES string of the molecule is CN1CCCC1c1cncc(-c2ccco2)c1. The summed E-state index contributed by atoms with van der Waals surface area (Å²) in [5.74, 6) is 0.889. The van der Waals surface area contributed by atoms with E-state index in [1.807, 2.05) is 24.5 Å². The minimum Gasteiger partial charge on any atom is -0.464 e. The molecule has 3 heterocycles. The first kappa shape index (κ1) is 10.5. The van der Waals surface area contributed by atoms with E-state index in [-0.39, 0.29) is 0 Å². The van der Waals surface area contributed by atoms with Gasteiger partial charge in [-0.05, 0) is 50.2 Å². The van der Waals surface area contributed by atoms with Crippen molar-refractivity contribution in [2.45, 2.75) is 18.9 Å². The van der Waals surface area contributed by atoms with Crippen LogP contribution in [0.2, 0.25) is 0 Å². The van der Waals surface area contributed by atoms with Crippen LogP contribution in [0.3, 0.4) is 0 Å². The zero-order chi connectivity index (χ0) is 11.7. The number of nitrogens with zero attached hydrogens (tertiary/aromatic N) is 2. The van der Waals surface area contributed by atoms with Crippen molar-refractivity contribution >= 4 is 0 Å². The molecule has 0 saturated carbocycles. The molecular formula is C14H16N2O. The van der Waals surface area contributed by atoms with Gasteiger partial charge < -0.3 is 4.42 Å². The molecule has 1 aliphatic rings. The maximum Gasteiger partial charge on any atom is 0.135 e. The van der Waals surface area contributed by atoms with E-state index in [4.69, 9.17) is 4.42 Å². The summed E-state index contributed by atoms with van der Waals surface area (Å²) in [6, 6.07) is 6.58. The fourth-order valence-electron chi connectivity index (χ4n) is 2.55. The summed E-state index contributed by atoms with van der Waals surface area (Å²) in [5, 5.41) is 0. The molecule has 0 amide bonds. The number of rotatable bonds is 2. The number of pyridine rings is 1. The van der Waals surface area contributed by atoms with E-state index in [0.29, 0.717) is 6.04 Å². The van der Waals surface area contributed by atoms with Crippen molar-refractivity contribution in [3.05, 3.63) is 42.4 Å². The molecule has 3 nitrogen and oxygen atoms in total. The molecule has 3 rings (SSSR count).